The van der Waals surface area contributed by atoms with Crippen LogP contribution in [0.25, 0.3) is 0 Å². The molecule has 2 rings (SSSR count). The number of anilines is 1. The Bertz CT molecular complexity index is 563. The zero-order chi connectivity index (χ0) is 16.8. The molecule has 0 unspecified atom stereocenters. The van der Waals surface area contributed by atoms with Crippen molar-refractivity contribution in [3.63, 3.8) is 0 Å². The molecule has 126 valence electrons. The van der Waals surface area contributed by atoms with Crippen LogP contribution in [0.4, 0.5) is 14.9 Å². The summed E-state index contributed by atoms with van der Waals surface area (Å²) in [5, 5.41) is 5.54. The third-order valence-electron chi connectivity index (χ3n) is 3.91. The number of likely N-dealkylation sites (tertiary alicyclic amines) is 1. The maximum absolute atomic E-state index is 13.2. The SMILES string of the molecule is CC(C)CCNC(=O)[C@@H]1CCCN1C(=O)Nc1cccc(F)c1. The van der Waals surface area contributed by atoms with Gasteiger partial charge in [0.1, 0.15) is 11.9 Å². The van der Waals surface area contributed by atoms with Crippen LogP contribution in [0.5, 0.6) is 0 Å². The van der Waals surface area contributed by atoms with Gasteiger partial charge in [0.05, 0.1) is 0 Å². The standard InChI is InChI=1S/C17H24FN3O2/c1-12(2)8-9-19-16(22)15-7-4-10-21(15)17(23)20-14-6-3-5-13(18)11-14/h3,5-6,11-12,15H,4,7-10H2,1-2H3,(H,19,22)(H,20,23)/t15-/m0/s1. The van der Waals surface area contributed by atoms with Crippen LogP contribution in [-0.4, -0.2) is 36.0 Å². The molecule has 6 heteroatoms. The molecule has 1 aromatic rings. The first-order valence-corrected chi connectivity index (χ1v) is 8.08. The lowest BCUT2D eigenvalue weighted by molar-refractivity contribution is -0.124. The predicted molar refractivity (Wildman–Crippen MR) is 87.6 cm³/mol. The highest BCUT2D eigenvalue weighted by atomic mass is 19.1. The van der Waals surface area contributed by atoms with Crippen LogP contribution in [0.3, 0.4) is 0 Å². The monoisotopic (exact) mass is 321 g/mol. The third-order valence-corrected chi connectivity index (χ3v) is 3.91. The summed E-state index contributed by atoms with van der Waals surface area (Å²) in [7, 11) is 0. The topological polar surface area (TPSA) is 61.4 Å². The lowest BCUT2D eigenvalue weighted by Gasteiger charge is -2.24. The summed E-state index contributed by atoms with van der Waals surface area (Å²) in [5.74, 6) is -0.00370. The average Bonchev–Trinajstić information content (AvgIpc) is 2.96. The summed E-state index contributed by atoms with van der Waals surface area (Å²) >= 11 is 0. The van der Waals surface area contributed by atoms with Crippen molar-refractivity contribution in [3.05, 3.63) is 30.1 Å². The van der Waals surface area contributed by atoms with Crippen LogP contribution in [0.2, 0.25) is 0 Å². The second-order valence-electron chi connectivity index (χ2n) is 6.27. The number of carbonyl (C=O) groups excluding carboxylic acids is 2. The van der Waals surface area contributed by atoms with Crippen molar-refractivity contribution in [1.29, 1.82) is 0 Å². The Morgan fingerprint density at radius 1 is 1.39 bits per heavy atom. The fourth-order valence-electron chi connectivity index (χ4n) is 2.65. The molecule has 1 fully saturated rings. The van der Waals surface area contributed by atoms with E-state index in [1.807, 2.05) is 0 Å². The van der Waals surface area contributed by atoms with Crippen molar-refractivity contribution in [3.8, 4) is 0 Å². The maximum atomic E-state index is 13.2. The second-order valence-corrected chi connectivity index (χ2v) is 6.27. The molecule has 1 saturated heterocycles. The van der Waals surface area contributed by atoms with Gasteiger partial charge in [-0.25, -0.2) is 9.18 Å². The van der Waals surface area contributed by atoms with Crippen LogP contribution in [0, 0.1) is 11.7 Å². The van der Waals surface area contributed by atoms with E-state index in [0.29, 0.717) is 31.1 Å². The first kappa shape index (κ1) is 17.2. The Morgan fingerprint density at radius 2 is 2.17 bits per heavy atom. The van der Waals surface area contributed by atoms with Gasteiger partial charge in [0.2, 0.25) is 5.91 Å². The van der Waals surface area contributed by atoms with E-state index in [1.165, 1.54) is 23.1 Å². The average molecular weight is 321 g/mol. The van der Waals surface area contributed by atoms with Crippen LogP contribution < -0.4 is 10.6 Å². The molecule has 1 aliphatic heterocycles. The summed E-state index contributed by atoms with van der Waals surface area (Å²) in [6.07, 6.45) is 2.36. The van der Waals surface area contributed by atoms with Crippen molar-refractivity contribution in [2.24, 2.45) is 5.92 Å². The van der Waals surface area contributed by atoms with Crippen molar-refractivity contribution < 1.29 is 14.0 Å². The first-order valence-electron chi connectivity index (χ1n) is 8.08. The fourth-order valence-corrected chi connectivity index (χ4v) is 2.65. The first-order chi connectivity index (χ1) is 11.0. The maximum Gasteiger partial charge on any atom is 0.322 e. The van der Waals surface area contributed by atoms with Gasteiger partial charge < -0.3 is 15.5 Å². The van der Waals surface area contributed by atoms with Crippen LogP contribution in [0.1, 0.15) is 33.1 Å². The number of amides is 3. The summed E-state index contributed by atoms with van der Waals surface area (Å²) in [5.41, 5.74) is 0.390. The lowest BCUT2D eigenvalue weighted by atomic mass is 10.1. The predicted octanol–water partition coefficient (Wildman–Crippen LogP) is 2.98. The van der Waals surface area contributed by atoms with Crippen molar-refractivity contribution >= 4 is 17.6 Å². The molecular formula is C17H24FN3O2. The van der Waals surface area contributed by atoms with Gasteiger partial charge in [0.15, 0.2) is 0 Å². The van der Waals surface area contributed by atoms with Crippen molar-refractivity contribution in [2.45, 2.75) is 39.2 Å². The number of hydrogen-bond donors (Lipinski definition) is 2. The minimum absolute atomic E-state index is 0.113. The summed E-state index contributed by atoms with van der Waals surface area (Å²) in [4.78, 5) is 26.1. The number of carbonyl (C=O) groups is 2. The molecule has 1 aromatic carbocycles. The van der Waals surface area contributed by atoms with Crippen molar-refractivity contribution in [2.75, 3.05) is 18.4 Å². The van der Waals surface area contributed by atoms with Gasteiger partial charge in [0.25, 0.3) is 0 Å². The van der Waals surface area contributed by atoms with Gasteiger partial charge in [0, 0.05) is 18.8 Å². The summed E-state index contributed by atoms with van der Waals surface area (Å²) < 4.78 is 13.2. The van der Waals surface area contributed by atoms with Gasteiger partial charge in [-0.05, 0) is 43.4 Å². The second kappa shape index (κ2) is 7.94. The minimum atomic E-state index is -0.448. The largest absolute Gasteiger partial charge is 0.354 e. The molecule has 1 heterocycles. The van der Waals surface area contributed by atoms with E-state index in [1.54, 1.807) is 6.07 Å². The van der Waals surface area contributed by atoms with Gasteiger partial charge in [-0.2, -0.15) is 0 Å². The lowest BCUT2D eigenvalue weighted by Crippen LogP contribution is -2.47. The molecule has 0 spiro atoms. The number of benzene rings is 1. The molecule has 5 nitrogen and oxygen atoms in total. The molecule has 0 radical (unpaired) electrons. The minimum Gasteiger partial charge on any atom is -0.354 e. The van der Waals surface area contributed by atoms with Crippen LogP contribution in [-0.2, 0) is 4.79 Å². The van der Waals surface area contributed by atoms with E-state index in [9.17, 15) is 14.0 Å². The van der Waals surface area contributed by atoms with E-state index >= 15 is 0 Å². The van der Waals surface area contributed by atoms with Crippen LogP contribution in [0.15, 0.2) is 24.3 Å². The molecule has 3 amide bonds. The highest BCUT2D eigenvalue weighted by Crippen LogP contribution is 2.19. The third kappa shape index (κ3) is 4.94. The normalized spacial score (nSPS) is 17.4. The highest BCUT2D eigenvalue weighted by Gasteiger charge is 2.33. The molecule has 1 atom stereocenters. The summed E-state index contributed by atoms with van der Waals surface area (Å²) in [6, 6.07) is 4.91. The molecule has 1 aliphatic rings. The molecule has 0 aromatic heterocycles. The van der Waals surface area contributed by atoms with E-state index in [2.05, 4.69) is 24.5 Å². The molecule has 0 bridgehead atoms. The van der Waals surface area contributed by atoms with Gasteiger partial charge in [-0.3, -0.25) is 4.79 Å². The Balaban J connectivity index is 1.92. The molecule has 0 saturated carbocycles. The van der Waals surface area contributed by atoms with E-state index in [-0.39, 0.29) is 11.9 Å². The summed E-state index contributed by atoms with van der Waals surface area (Å²) in [6.45, 7) is 5.34. The Kier molecular flexibility index (Phi) is 5.96. The number of nitrogens with one attached hydrogen (secondary N) is 2. The molecule has 0 aliphatic carbocycles. The van der Waals surface area contributed by atoms with Gasteiger partial charge >= 0.3 is 6.03 Å². The van der Waals surface area contributed by atoms with E-state index < -0.39 is 11.9 Å². The number of rotatable bonds is 5. The van der Waals surface area contributed by atoms with Crippen molar-refractivity contribution in [1.82, 2.24) is 10.2 Å². The smallest absolute Gasteiger partial charge is 0.322 e. The number of halogens is 1. The van der Waals surface area contributed by atoms with Crippen LogP contribution >= 0.6 is 0 Å². The quantitative estimate of drug-likeness (QED) is 0.876. The molecule has 2 N–H and O–H groups in total. The number of urea groups is 1. The zero-order valence-electron chi connectivity index (χ0n) is 13.6. The Morgan fingerprint density at radius 3 is 2.87 bits per heavy atom. The van der Waals surface area contributed by atoms with E-state index in [4.69, 9.17) is 0 Å². The van der Waals surface area contributed by atoms with E-state index in [0.717, 1.165) is 12.8 Å². The molecule has 23 heavy (non-hydrogen) atoms. The number of hydrogen-bond acceptors (Lipinski definition) is 2. The van der Waals surface area contributed by atoms with Gasteiger partial charge in [-0.15, -0.1) is 0 Å². The Labute approximate surface area is 136 Å². The Hall–Kier alpha value is -2.11. The zero-order valence-corrected chi connectivity index (χ0v) is 13.6. The highest BCUT2D eigenvalue weighted by molar-refractivity contribution is 5.94. The van der Waals surface area contributed by atoms with Gasteiger partial charge in [-0.1, -0.05) is 19.9 Å². The fraction of sp³-hybridized carbons (Fsp3) is 0.529. The molecular weight excluding hydrogens is 297 g/mol. The number of nitrogens with zero attached hydrogens (tertiary/aromatic N) is 1.